The first-order valence-corrected chi connectivity index (χ1v) is 9.60. The quantitative estimate of drug-likeness (QED) is 0.184. The highest BCUT2D eigenvalue weighted by molar-refractivity contribution is 5.60. The molecule has 4 nitrogen and oxygen atoms in total. The van der Waals surface area contributed by atoms with Crippen LogP contribution in [0.5, 0.6) is 23.0 Å². The molecule has 0 saturated carbocycles. The minimum atomic E-state index is -6.13. The second-order valence-corrected chi connectivity index (χ2v) is 7.41. The Morgan fingerprint density at radius 3 is 1.18 bits per heavy atom. The molecular formula is C21H8F14N2O2. The molecule has 0 spiro atoms. The van der Waals surface area contributed by atoms with Gasteiger partial charge in [-0.2, -0.15) is 48.3 Å². The first-order chi connectivity index (χ1) is 17.6. The molecule has 39 heavy (non-hydrogen) atoms. The molecule has 212 valence electrons. The van der Waals surface area contributed by atoms with Crippen molar-refractivity contribution in [3.8, 4) is 23.0 Å². The summed E-state index contributed by atoms with van der Waals surface area (Å²) in [4.78, 5) is 0. The standard InChI is InChI=1S/C21H8F14N2O2/c22-5-1-7(36)11(19(27,28)29)9(3-5)38-17-13(21(33,34)35)14(24)15(25)18(16(17)26)39-10-4-6(23)2-8(37)12(10)20(30,31)32/h1-4H,36-37H2. The van der Waals surface area contributed by atoms with Gasteiger partial charge in [-0.3, -0.25) is 0 Å². The molecule has 0 heterocycles. The fourth-order valence-corrected chi connectivity index (χ4v) is 3.25. The Kier molecular flexibility index (Phi) is 7.22. The van der Waals surface area contributed by atoms with Gasteiger partial charge in [-0.15, -0.1) is 0 Å². The Morgan fingerprint density at radius 2 is 0.821 bits per heavy atom. The van der Waals surface area contributed by atoms with Gasteiger partial charge in [-0.05, 0) is 12.1 Å². The highest BCUT2D eigenvalue weighted by Crippen LogP contribution is 2.50. The van der Waals surface area contributed by atoms with Gasteiger partial charge in [0.25, 0.3) is 0 Å². The molecule has 0 aliphatic heterocycles. The van der Waals surface area contributed by atoms with Gasteiger partial charge in [0.1, 0.15) is 39.8 Å². The van der Waals surface area contributed by atoms with Gasteiger partial charge in [-0.25, -0.2) is 13.2 Å². The van der Waals surface area contributed by atoms with Gasteiger partial charge in [0.15, 0.2) is 11.6 Å². The van der Waals surface area contributed by atoms with Crippen LogP contribution in [-0.4, -0.2) is 0 Å². The van der Waals surface area contributed by atoms with E-state index >= 15 is 4.39 Å². The van der Waals surface area contributed by atoms with Crippen molar-refractivity contribution in [2.75, 3.05) is 11.5 Å². The normalized spacial score (nSPS) is 12.6. The molecule has 0 bridgehead atoms. The number of rotatable bonds is 4. The maximum Gasteiger partial charge on any atom is 0.423 e. The zero-order chi connectivity index (χ0) is 29.8. The molecule has 0 radical (unpaired) electrons. The lowest BCUT2D eigenvalue weighted by molar-refractivity contribution is -0.142. The molecular weight excluding hydrogens is 578 g/mol. The summed E-state index contributed by atoms with van der Waals surface area (Å²) in [6.45, 7) is 0. The Morgan fingerprint density at radius 1 is 0.462 bits per heavy atom. The third-order valence-corrected chi connectivity index (χ3v) is 4.71. The summed E-state index contributed by atoms with van der Waals surface area (Å²) < 4.78 is 201. The van der Waals surface area contributed by atoms with Crippen molar-refractivity contribution in [1.29, 1.82) is 0 Å². The zero-order valence-electron chi connectivity index (χ0n) is 18.1. The number of halogens is 14. The lowest BCUT2D eigenvalue weighted by atomic mass is 10.1. The third kappa shape index (κ3) is 5.68. The average molecular weight is 586 g/mol. The molecule has 0 aliphatic carbocycles. The molecule has 3 aromatic carbocycles. The van der Waals surface area contributed by atoms with Crippen molar-refractivity contribution < 1.29 is 70.9 Å². The minimum absolute atomic E-state index is 0.0452. The number of nitrogen functional groups attached to an aromatic ring is 2. The maximum absolute atomic E-state index is 15.2. The molecule has 18 heteroatoms. The van der Waals surface area contributed by atoms with Crippen molar-refractivity contribution in [3.05, 3.63) is 70.0 Å². The van der Waals surface area contributed by atoms with Crippen LogP contribution in [0.3, 0.4) is 0 Å². The van der Waals surface area contributed by atoms with Crippen LogP contribution in [0.1, 0.15) is 16.7 Å². The van der Waals surface area contributed by atoms with E-state index in [4.69, 9.17) is 11.5 Å². The van der Waals surface area contributed by atoms with E-state index in [2.05, 4.69) is 9.47 Å². The molecule has 0 atom stereocenters. The fraction of sp³-hybridized carbons (Fsp3) is 0.143. The predicted molar refractivity (Wildman–Crippen MR) is 103 cm³/mol. The molecule has 0 aliphatic rings. The van der Waals surface area contributed by atoms with Gasteiger partial charge >= 0.3 is 18.5 Å². The number of nitrogens with two attached hydrogens (primary N) is 2. The van der Waals surface area contributed by atoms with Crippen molar-refractivity contribution in [2.45, 2.75) is 18.5 Å². The van der Waals surface area contributed by atoms with E-state index in [1.54, 1.807) is 0 Å². The van der Waals surface area contributed by atoms with E-state index in [0.717, 1.165) is 0 Å². The van der Waals surface area contributed by atoms with Crippen LogP contribution < -0.4 is 20.9 Å². The second-order valence-electron chi connectivity index (χ2n) is 7.41. The molecule has 0 saturated heterocycles. The van der Waals surface area contributed by atoms with Crippen LogP contribution in [-0.2, 0) is 18.5 Å². The molecule has 4 N–H and O–H groups in total. The third-order valence-electron chi connectivity index (χ3n) is 4.71. The van der Waals surface area contributed by atoms with E-state index in [1.165, 1.54) is 0 Å². The van der Waals surface area contributed by atoms with E-state index in [9.17, 15) is 57.1 Å². The number of ether oxygens (including phenoxy) is 2. The van der Waals surface area contributed by atoms with Crippen molar-refractivity contribution >= 4 is 11.4 Å². The monoisotopic (exact) mass is 586 g/mol. The zero-order valence-corrected chi connectivity index (χ0v) is 18.1. The van der Waals surface area contributed by atoms with Crippen LogP contribution in [0.25, 0.3) is 0 Å². The van der Waals surface area contributed by atoms with Gasteiger partial charge in [0, 0.05) is 12.1 Å². The molecule has 0 amide bonds. The number of alkyl halides is 9. The van der Waals surface area contributed by atoms with Crippen molar-refractivity contribution in [2.24, 2.45) is 0 Å². The van der Waals surface area contributed by atoms with Crippen LogP contribution in [0.2, 0.25) is 0 Å². The van der Waals surface area contributed by atoms with Gasteiger partial charge in [0.05, 0.1) is 11.4 Å². The van der Waals surface area contributed by atoms with Gasteiger partial charge in [-0.1, -0.05) is 0 Å². The Labute approximate surface area is 206 Å². The highest BCUT2D eigenvalue weighted by Gasteiger charge is 2.46. The summed E-state index contributed by atoms with van der Waals surface area (Å²) in [6, 6.07) is -0.292. The summed E-state index contributed by atoms with van der Waals surface area (Å²) in [5, 5.41) is 0. The lowest BCUT2D eigenvalue weighted by Gasteiger charge is -2.22. The predicted octanol–water partition coefficient (Wildman–Crippen LogP) is 8.19. The van der Waals surface area contributed by atoms with Crippen LogP contribution in [0.4, 0.5) is 72.8 Å². The van der Waals surface area contributed by atoms with Gasteiger partial charge in [0.2, 0.25) is 17.4 Å². The Balaban J connectivity index is 2.37. The number of anilines is 2. The summed E-state index contributed by atoms with van der Waals surface area (Å²) in [7, 11) is 0. The first kappa shape index (κ1) is 29.4. The molecule has 0 unspecified atom stereocenters. The smallest absolute Gasteiger partial charge is 0.423 e. The largest absolute Gasteiger partial charge is 0.453 e. The van der Waals surface area contributed by atoms with Gasteiger partial charge < -0.3 is 20.9 Å². The highest BCUT2D eigenvalue weighted by atomic mass is 19.4. The van der Waals surface area contributed by atoms with Crippen LogP contribution in [0.15, 0.2) is 24.3 Å². The molecule has 3 rings (SSSR count). The van der Waals surface area contributed by atoms with E-state index in [-0.39, 0.29) is 24.3 Å². The lowest BCUT2D eigenvalue weighted by Crippen LogP contribution is -2.17. The van der Waals surface area contributed by atoms with Crippen LogP contribution >= 0.6 is 0 Å². The Hall–Kier alpha value is -4.12. The van der Waals surface area contributed by atoms with Crippen LogP contribution in [0, 0.1) is 29.1 Å². The summed E-state index contributed by atoms with van der Waals surface area (Å²) >= 11 is 0. The number of hydrogen-bond acceptors (Lipinski definition) is 4. The average Bonchev–Trinajstić information content (AvgIpc) is 2.71. The van der Waals surface area contributed by atoms with E-state index in [0.29, 0.717) is 0 Å². The molecule has 3 aromatic rings. The SMILES string of the molecule is Nc1cc(F)cc(Oc2c(F)c(F)c(C(F)(F)F)c(Oc3cc(F)cc(N)c3C(F)(F)F)c2F)c1C(F)(F)F. The summed E-state index contributed by atoms with van der Waals surface area (Å²) in [5.41, 5.74) is -0.183. The Bertz CT molecular complexity index is 1450. The van der Waals surface area contributed by atoms with E-state index < -0.39 is 98.7 Å². The van der Waals surface area contributed by atoms with E-state index in [1.807, 2.05) is 0 Å². The number of benzene rings is 3. The van der Waals surface area contributed by atoms with Crippen molar-refractivity contribution in [1.82, 2.24) is 0 Å². The first-order valence-electron chi connectivity index (χ1n) is 9.60. The topological polar surface area (TPSA) is 70.5 Å². The summed E-state index contributed by atoms with van der Waals surface area (Å²) in [6.07, 6.45) is -17.3. The second kappa shape index (κ2) is 9.57. The fourth-order valence-electron chi connectivity index (χ4n) is 3.25. The summed E-state index contributed by atoms with van der Waals surface area (Å²) in [5.74, 6) is -21.1. The minimum Gasteiger partial charge on any atom is -0.453 e. The number of hydrogen-bond donors (Lipinski definition) is 2. The van der Waals surface area contributed by atoms with Crippen molar-refractivity contribution in [3.63, 3.8) is 0 Å². The molecule has 0 fully saturated rings. The maximum atomic E-state index is 15.2. The molecule has 0 aromatic heterocycles.